The molecule has 0 aliphatic rings. The molecule has 0 heterocycles. The van der Waals surface area contributed by atoms with Crippen LogP contribution in [0.4, 0.5) is 0 Å². The van der Waals surface area contributed by atoms with E-state index in [-0.39, 0.29) is 12.5 Å². The molecule has 0 fully saturated rings. The molecule has 2 unspecified atom stereocenters. The van der Waals surface area contributed by atoms with Gasteiger partial charge >= 0.3 is 0 Å². The Labute approximate surface area is 249 Å². The van der Waals surface area contributed by atoms with Crippen LogP contribution in [0.15, 0.2) is 36.5 Å². The van der Waals surface area contributed by atoms with Crippen LogP contribution in [-0.2, 0) is 4.79 Å². The lowest BCUT2D eigenvalue weighted by atomic mass is 10.0. The van der Waals surface area contributed by atoms with Gasteiger partial charge in [-0.15, -0.1) is 0 Å². The van der Waals surface area contributed by atoms with Gasteiger partial charge in [0.05, 0.1) is 18.8 Å². The van der Waals surface area contributed by atoms with Gasteiger partial charge in [-0.2, -0.15) is 0 Å². The number of hydrogen-bond acceptors (Lipinski definition) is 3. The molecule has 0 spiro atoms. The van der Waals surface area contributed by atoms with Gasteiger partial charge in [-0.25, -0.2) is 0 Å². The number of aliphatic hydroxyl groups excluding tert-OH is 2. The number of unbranched alkanes of at least 4 members (excludes halogenated alkanes) is 19. The summed E-state index contributed by atoms with van der Waals surface area (Å²) in [6.07, 6.45) is 40.9. The van der Waals surface area contributed by atoms with Gasteiger partial charge in [-0.1, -0.05) is 147 Å². The minimum Gasteiger partial charge on any atom is -0.394 e. The average molecular weight is 562 g/mol. The molecule has 0 aliphatic heterocycles. The van der Waals surface area contributed by atoms with Crippen molar-refractivity contribution < 1.29 is 15.0 Å². The molecule has 0 aromatic heterocycles. The zero-order valence-corrected chi connectivity index (χ0v) is 26.6. The molecule has 234 valence electrons. The maximum atomic E-state index is 12.2. The van der Waals surface area contributed by atoms with E-state index in [1.165, 1.54) is 103 Å². The molecular weight excluding hydrogens is 494 g/mol. The molecular formula is C36H67NO3. The van der Waals surface area contributed by atoms with E-state index in [9.17, 15) is 15.0 Å². The number of rotatable bonds is 30. The fourth-order valence-corrected chi connectivity index (χ4v) is 4.90. The molecule has 4 nitrogen and oxygen atoms in total. The summed E-state index contributed by atoms with van der Waals surface area (Å²) in [4.78, 5) is 12.2. The third-order valence-electron chi connectivity index (χ3n) is 7.58. The van der Waals surface area contributed by atoms with E-state index in [1.54, 1.807) is 6.08 Å². The summed E-state index contributed by atoms with van der Waals surface area (Å²) in [5, 5.41) is 22.8. The van der Waals surface area contributed by atoms with E-state index in [1.807, 2.05) is 6.08 Å². The largest absolute Gasteiger partial charge is 0.394 e. The van der Waals surface area contributed by atoms with E-state index >= 15 is 0 Å². The Morgan fingerprint density at radius 2 is 1.02 bits per heavy atom. The average Bonchev–Trinajstić information content (AvgIpc) is 2.96. The van der Waals surface area contributed by atoms with Crippen LogP contribution in [0.2, 0.25) is 0 Å². The van der Waals surface area contributed by atoms with Gasteiger partial charge in [0, 0.05) is 6.42 Å². The summed E-state index contributed by atoms with van der Waals surface area (Å²) in [6, 6.07) is -0.639. The molecule has 0 radical (unpaired) electrons. The monoisotopic (exact) mass is 562 g/mol. The molecule has 0 saturated heterocycles. The summed E-state index contributed by atoms with van der Waals surface area (Å²) >= 11 is 0. The zero-order chi connectivity index (χ0) is 29.4. The summed E-state index contributed by atoms with van der Waals surface area (Å²) in [5.74, 6) is -0.0882. The standard InChI is InChI=1S/C36H67NO3/c1-3-5-7-9-11-13-15-16-17-18-19-20-21-22-23-25-27-29-31-35(39)34(33-38)37-36(40)32-30-28-26-24-14-12-10-8-6-4-2/h8,10,22-23,29,31,34-35,38-39H,3-7,9,11-21,24-28,30,32-33H2,1-2H3,(H,37,40)/b10-8-,23-22+,31-29+. The first-order chi connectivity index (χ1) is 19.7. The number of aliphatic hydroxyl groups is 2. The van der Waals surface area contributed by atoms with Crippen molar-refractivity contribution in [2.24, 2.45) is 0 Å². The van der Waals surface area contributed by atoms with Gasteiger partial charge in [-0.3, -0.25) is 4.79 Å². The lowest BCUT2D eigenvalue weighted by Gasteiger charge is -2.19. The molecule has 1 amide bonds. The van der Waals surface area contributed by atoms with Crippen molar-refractivity contribution in [3.05, 3.63) is 36.5 Å². The van der Waals surface area contributed by atoms with Gasteiger partial charge in [0.1, 0.15) is 0 Å². The maximum absolute atomic E-state index is 12.2. The molecule has 0 bridgehead atoms. The van der Waals surface area contributed by atoms with Gasteiger partial charge in [0.2, 0.25) is 5.91 Å². The maximum Gasteiger partial charge on any atom is 0.220 e. The highest BCUT2D eigenvalue weighted by Crippen LogP contribution is 2.13. The van der Waals surface area contributed by atoms with Crippen LogP contribution in [0.25, 0.3) is 0 Å². The molecule has 4 heteroatoms. The Balaban J connectivity index is 3.69. The second kappa shape index (κ2) is 32.1. The Hall–Kier alpha value is -1.39. The zero-order valence-electron chi connectivity index (χ0n) is 26.6. The lowest BCUT2D eigenvalue weighted by molar-refractivity contribution is -0.123. The molecule has 0 aromatic rings. The number of allylic oxidation sites excluding steroid dienone is 5. The molecule has 0 aliphatic carbocycles. The third-order valence-corrected chi connectivity index (χ3v) is 7.58. The number of carbonyl (C=O) groups excluding carboxylic acids is 1. The van der Waals surface area contributed by atoms with E-state index in [0.29, 0.717) is 6.42 Å². The predicted octanol–water partition coefficient (Wildman–Crippen LogP) is 9.90. The van der Waals surface area contributed by atoms with Crippen molar-refractivity contribution in [2.75, 3.05) is 6.61 Å². The summed E-state index contributed by atoms with van der Waals surface area (Å²) < 4.78 is 0. The third kappa shape index (κ3) is 28.1. The van der Waals surface area contributed by atoms with Crippen LogP contribution >= 0.6 is 0 Å². The summed E-state index contributed by atoms with van der Waals surface area (Å²) in [6.45, 7) is 4.21. The van der Waals surface area contributed by atoms with Crippen LogP contribution in [0, 0.1) is 0 Å². The van der Waals surface area contributed by atoms with Crippen LogP contribution in [0.5, 0.6) is 0 Å². The van der Waals surface area contributed by atoms with Gasteiger partial charge < -0.3 is 15.5 Å². The fraction of sp³-hybridized carbons (Fsp3) is 0.806. The molecule has 3 N–H and O–H groups in total. The predicted molar refractivity (Wildman–Crippen MR) is 175 cm³/mol. The van der Waals surface area contributed by atoms with Crippen molar-refractivity contribution in [1.82, 2.24) is 5.32 Å². The lowest BCUT2D eigenvalue weighted by Crippen LogP contribution is -2.45. The van der Waals surface area contributed by atoms with E-state index in [2.05, 4.69) is 43.5 Å². The second-order valence-corrected chi connectivity index (χ2v) is 11.6. The van der Waals surface area contributed by atoms with Crippen LogP contribution in [0.3, 0.4) is 0 Å². The number of nitrogens with one attached hydrogen (secondary N) is 1. The Morgan fingerprint density at radius 3 is 1.55 bits per heavy atom. The number of carbonyl (C=O) groups is 1. The first kappa shape index (κ1) is 38.6. The quantitative estimate of drug-likeness (QED) is 0.0603. The molecule has 0 aromatic carbocycles. The molecule has 0 saturated carbocycles. The highest BCUT2D eigenvalue weighted by Gasteiger charge is 2.17. The Morgan fingerprint density at radius 1 is 0.575 bits per heavy atom. The fourth-order valence-electron chi connectivity index (χ4n) is 4.90. The van der Waals surface area contributed by atoms with E-state index in [4.69, 9.17) is 0 Å². The molecule has 0 rings (SSSR count). The highest BCUT2D eigenvalue weighted by molar-refractivity contribution is 5.76. The SMILES string of the molecule is CCC/C=C\CCCCCCCC(=O)NC(CO)C(O)/C=C/CC/C=C/CCCCCCCCCCCCCC. The number of hydrogen-bond donors (Lipinski definition) is 3. The van der Waals surface area contributed by atoms with Crippen LogP contribution < -0.4 is 5.32 Å². The minimum atomic E-state index is -0.861. The summed E-state index contributed by atoms with van der Waals surface area (Å²) in [5.41, 5.74) is 0. The van der Waals surface area contributed by atoms with Gasteiger partial charge in [0.15, 0.2) is 0 Å². The van der Waals surface area contributed by atoms with Gasteiger partial charge in [0.25, 0.3) is 0 Å². The summed E-state index contributed by atoms with van der Waals surface area (Å²) in [7, 11) is 0. The van der Waals surface area contributed by atoms with Crippen LogP contribution in [-0.4, -0.2) is 34.9 Å². The van der Waals surface area contributed by atoms with Crippen molar-refractivity contribution >= 4 is 5.91 Å². The van der Waals surface area contributed by atoms with Crippen molar-refractivity contribution in [3.63, 3.8) is 0 Å². The van der Waals surface area contributed by atoms with Crippen LogP contribution in [0.1, 0.15) is 168 Å². The Bertz CT molecular complexity index is 613. The molecule has 2 atom stereocenters. The van der Waals surface area contributed by atoms with Crippen molar-refractivity contribution in [2.45, 2.75) is 180 Å². The van der Waals surface area contributed by atoms with Crippen molar-refractivity contribution in [1.29, 1.82) is 0 Å². The minimum absolute atomic E-state index is 0.0882. The van der Waals surface area contributed by atoms with Crippen molar-refractivity contribution in [3.8, 4) is 0 Å². The molecule has 40 heavy (non-hydrogen) atoms. The van der Waals surface area contributed by atoms with E-state index in [0.717, 1.165) is 44.9 Å². The topological polar surface area (TPSA) is 69.6 Å². The van der Waals surface area contributed by atoms with E-state index < -0.39 is 12.1 Å². The second-order valence-electron chi connectivity index (χ2n) is 11.6. The first-order valence-corrected chi connectivity index (χ1v) is 17.2. The smallest absolute Gasteiger partial charge is 0.220 e. The first-order valence-electron chi connectivity index (χ1n) is 17.2. The Kier molecular flexibility index (Phi) is 31.0. The number of amides is 1. The van der Waals surface area contributed by atoms with Gasteiger partial charge in [-0.05, 0) is 51.4 Å². The highest BCUT2D eigenvalue weighted by atomic mass is 16.3. The normalized spacial score (nSPS) is 13.6.